The summed E-state index contributed by atoms with van der Waals surface area (Å²) in [6.07, 6.45) is -0.666. The van der Waals surface area contributed by atoms with Gasteiger partial charge >= 0.3 is 17.6 Å². The van der Waals surface area contributed by atoms with Gasteiger partial charge < -0.3 is 19.9 Å². The van der Waals surface area contributed by atoms with E-state index in [1.54, 1.807) is 0 Å². The minimum Gasteiger partial charge on any atom is -0.460 e. The third kappa shape index (κ3) is 4.73. The number of esters is 2. The highest BCUT2D eigenvalue weighted by atomic mass is 35.5. The molecule has 0 aliphatic carbocycles. The molecule has 1 aliphatic rings. The van der Waals surface area contributed by atoms with Crippen LogP contribution in [0.4, 0.5) is 5.95 Å². The van der Waals surface area contributed by atoms with Crippen molar-refractivity contribution in [2.24, 2.45) is 0 Å². The van der Waals surface area contributed by atoms with Gasteiger partial charge in [0.2, 0.25) is 5.95 Å². The molecule has 0 amide bonds. The zero-order valence-corrected chi connectivity index (χ0v) is 19.3. The van der Waals surface area contributed by atoms with E-state index in [4.69, 9.17) is 31.5 Å². The standard InChI is InChI=1S/C20H28ClN5O6/c1-5-7-8-25-15-16(21)23-19(22)24-17(15)26(20(25)29)18-14(31-11(4)28)9-13(32-18)12(6-2)30-10(3)27/h12-14,18H,5-9H2,1-4H3,(H2,22,23,24)/t12?,13-,14+,18+/m0/s1. The Morgan fingerprint density at radius 2 is 2.00 bits per heavy atom. The molecule has 176 valence electrons. The van der Waals surface area contributed by atoms with E-state index in [-0.39, 0.29) is 23.2 Å². The zero-order valence-electron chi connectivity index (χ0n) is 18.5. The molecular formula is C20H28ClN5O6. The van der Waals surface area contributed by atoms with Crippen LogP contribution in [0.2, 0.25) is 5.15 Å². The van der Waals surface area contributed by atoms with Crippen LogP contribution in [0.15, 0.2) is 4.79 Å². The molecule has 0 radical (unpaired) electrons. The lowest BCUT2D eigenvalue weighted by Gasteiger charge is -2.22. The quantitative estimate of drug-likeness (QED) is 0.454. The third-order valence-electron chi connectivity index (χ3n) is 5.31. The van der Waals surface area contributed by atoms with Gasteiger partial charge in [-0.2, -0.15) is 9.97 Å². The van der Waals surface area contributed by atoms with Crippen LogP contribution in [0.3, 0.4) is 0 Å². The van der Waals surface area contributed by atoms with Gasteiger partial charge in [0.15, 0.2) is 17.0 Å². The Hall–Kier alpha value is -2.66. The van der Waals surface area contributed by atoms with Gasteiger partial charge in [-0.15, -0.1) is 0 Å². The molecule has 3 heterocycles. The summed E-state index contributed by atoms with van der Waals surface area (Å²) in [5.41, 5.74) is 5.89. The highest BCUT2D eigenvalue weighted by Gasteiger charge is 2.45. The maximum Gasteiger partial charge on any atom is 0.332 e. The summed E-state index contributed by atoms with van der Waals surface area (Å²) in [6, 6.07) is 0. The van der Waals surface area contributed by atoms with Crippen LogP contribution in [0.5, 0.6) is 0 Å². The van der Waals surface area contributed by atoms with E-state index in [0.717, 1.165) is 12.8 Å². The van der Waals surface area contributed by atoms with Gasteiger partial charge in [0.1, 0.15) is 23.8 Å². The van der Waals surface area contributed by atoms with Crippen molar-refractivity contribution in [1.29, 1.82) is 0 Å². The van der Waals surface area contributed by atoms with Gasteiger partial charge in [-0.05, 0) is 12.8 Å². The number of carbonyl (C=O) groups is 2. The average molecular weight is 470 g/mol. The lowest BCUT2D eigenvalue weighted by atomic mass is 10.1. The molecule has 1 aliphatic heterocycles. The molecule has 4 atom stereocenters. The topological polar surface area (TPSA) is 141 Å². The summed E-state index contributed by atoms with van der Waals surface area (Å²) < 4.78 is 19.8. The number of halogens is 1. The van der Waals surface area contributed by atoms with Gasteiger partial charge in [-0.3, -0.25) is 14.2 Å². The highest BCUT2D eigenvalue weighted by Crippen LogP contribution is 2.36. The van der Waals surface area contributed by atoms with E-state index in [9.17, 15) is 14.4 Å². The normalized spacial score (nSPS) is 21.6. The smallest absolute Gasteiger partial charge is 0.332 e. The summed E-state index contributed by atoms with van der Waals surface area (Å²) in [7, 11) is 0. The minimum atomic E-state index is -1.00. The number of fused-ring (bicyclic) bond motifs is 1. The third-order valence-corrected chi connectivity index (χ3v) is 5.58. The number of nitrogens with two attached hydrogens (primary N) is 1. The highest BCUT2D eigenvalue weighted by molar-refractivity contribution is 6.33. The number of aryl methyl sites for hydroxylation is 1. The molecule has 11 nitrogen and oxygen atoms in total. The van der Waals surface area contributed by atoms with E-state index in [2.05, 4.69) is 9.97 Å². The number of ether oxygens (including phenoxy) is 3. The lowest BCUT2D eigenvalue weighted by molar-refractivity contribution is -0.158. The van der Waals surface area contributed by atoms with E-state index in [1.807, 2.05) is 13.8 Å². The summed E-state index contributed by atoms with van der Waals surface area (Å²) in [5, 5.41) is 0.0457. The van der Waals surface area contributed by atoms with Crippen molar-refractivity contribution in [3.05, 3.63) is 15.6 Å². The molecule has 1 unspecified atom stereocenters. The monoisotopic (exact) mass is 469 g/mol. The number of imidazole rings is 1. The first kappa shape index (κ1) is 24.0. The largest absolute Gasteiger partial charge is 0.460 e. The fourth-order valence-corrected chi connectivity index (χ4v) is 4.26. The molecule has 2 N–H and O–H groups in total. The SMILES string of the molecule is CCCCn1c(=O)n([C@@H]2O[C@H](C(CC)OC(C)=O)C[C@H]2OC(C)=O)c2nc(N)nc(Cl)c21. The second kappa shape index (κ2) is 9.86. The first-order chi connectivity index (χ1) is 15.2. The summed E-state index contributed by atoms with van der Waals surface area (Å²) in [4.78, 5) is 45.0. The molecule has 2 aromatic rings. The summed E-state index contributed by atoms with van der Waals surface area (Å²) >= 11 is 6.33. The number of anilines is 1. The number of aromatic nitrogens is 4. The maximum absolute atomic E-state index is 13.5. The minimum absolute atomic E-state index is 0.0457. The molecule has 12 heteroatoms. The van der Waals surface area contributed by atoms with Crippen LogP contribution in [0.25, 0.3) is 11.2 Å². The van der Waals surface area contributed by atoms with Crippen LogP contribution < -0.4 is 11.4 Å². The second-order valence-electron chi connectivity index (χ2n) is 7.71. The summed E-state index contributed by atoms with van der Waals surface area (Å²) in [5.74, 6) is -1.08. The predicted octanol–water partition coefficient (Wildman–Crippen LogP) is 2.19. The van der Waals surface area contributed by atoms with Crippen molar-refractivity contribution in [2.45, 2.75) is 84.5 Å². The first-order valence-electron chi connectivity index (χ1n) is 10.6. The van der Waals surface area contributed by atoms with Crippen LogP contribution in [-0.2, 0) is 30.3 Å². The number of unbranched alkanes of at least 4 members (excludes halogenated alkanes) is 1. The van der Waals surface area contributed by atoms with Crippen LogP contribution >= 0.6 is 11.6 Å². The Kier molecular flexibility index (Phi) is 7.40. The van der Waals surface area contributed by atoms with Gasteiger partial charge in [0, 0.05) is 26.8 Å². The van der Waals surface area contributed by atoms with Gasteiger partial charge in [0.05, 0.1) is 0 Å². The van der Waals surface area contributed by atoms with Crippen LogP contribution in [0, 0.1) is 0 Å². The molecule has 32 heavy (non-hydrogen) atoms. The van der Waals surface area contributed by atoms with Crippen molar-refractivity contribution in [3.8, 4) is 0 Å². The van der Waals surface area contributed by atoms with E-state index in [0.29, 0.717) is 18.5 Å². The van der Waals surface area contributed by atoms with Crippen molar-refractivity contribution < 1.29 is 23.8 Å². The Labute approximate surface area is 189 Å². The van der Waals surface area contributed by atoms with E-state index in [1.165, 1.54) is 23.0 Å². The molecule has 1 saturated heterocycles. The molecule has 0 aromatic carbocycles. The number of nitrogens with zero attached hydrogens (tertiary/aromatic N) is 4. The first-order valence-corrected chi connectivity index (χ1v) is 11.0. The van der Waals surface area contributed by atoms with Crippen LogP contribution in [-0.4, -0.2) is 49.4 Å². The number of hydrogen-bond acceptors (Lipinski definition) is 9. The summed E-state index contributed by atoms with van der Waals surface area (Å²) in [6.45, 7) is 6.83. The fourth-order valence-electron chi connectivity index (χ4n) is 3.99. The molecule has 0 bridgehead atoms. The van der Waals surface area contributed by atoms with Crippen molar-refractivity contribution in [1.82, 2.24) is 19.1 Å². The Morgan fingerprint density at radius 1 is 1.28 bits per heavy atom. The van der Waals surface area contributed by atoms with Gasteiger partial charge in [-0.25, -0.2) is 9.36 Å². The number of nitrogen functional groups attached to an aromatic ring is 1. The predicted molar refractivity (Wildman–Crippen MR) is 116 cm³/mol. The van der Waals surface area contributed by atoms with Crippen LogP contribution in [0.1, 0.15) is 59.6 Å². The van der Waals surface area contributed by atoms with Crippen molar-refractivity contribution >= 4 is 40.7 Å². The zero-order chi connectivity index (χ0) is 23.6. The Bertz CT molecular complexity index is 1070. The molecule has 3 rings (SSSR count). The Morgan fingerprint density at radius 3 is 2.59 bits per heavy atom. The van der Waals surface area contributed by atoms with Crippen molar-refractivity contribution in [2.75, 3.05) is 5.73 Å². The number of carbonyl (C=O) groups excluding carboxylic acids is 2. The van der Waals surface area contributed by atoms with Crippen molar-refractivity contribution in [3.63, 3.8) is 0 Å². The lowest BCUT2D eigenvalue weighted by Crippen LogP contribution is -2.34. The number of hydrogen-bond donors (Lipinski definition) is 1. The maximum atomic E-state index is 13.5. The second-order valence-corrected chi connectivity index (χ2v) is 8.07. The fraction of sp³-hybridized carbons (Fsp3) is 0.650. The van der Waals surface area contributed by atoms with E-state index >= 15 is 0 Å². The van der Waals surface area contributed by atoms with Gasteiger partial charge in [-0.1, -0.05) is 31.9 Å². The average Bonchev–Trinajstić information content (AvgIpc) is 3.21. The molecular weight excluding hydrogens is 442 g/mol. The van der Waals surface area contributed by atoms with E-state index < -0.39 is 42.2 Å². The molecule has 0 saturated carbocycles. The molecule has 2 aromatic heterocycles. The molecule has 1 fully saturated rings. The Balaban J connectivity index is 2.13. The van der Waals surface area contributed by atoms with Gasteiger partial charge in [0.25, 0.3) is 0 Å². The number of rotatable bonds is 8. The molecule has 0 spiro atoms.